The first-order chi connectivity index (χ1) is 7.81. The molecule has 0 aromatic heterocycles. The maximum atomic E-state index is 13.1. The monoisotopic (exact) mass is 219 g/mol. The van der Waals surface area contributed by atoms with Crippen LogP contribution in [0.4, 0.5) is 4.39 Å². The van der Waals surface area contributed by atoms with Crippen molar-refractivity contribution in [3.05, 3.63) is 35.6 Å². The lowest BCUT2D eigenvalue weighted by Crippen LogP contribution is -2.41. The first-order valence-corrected chi connectivity index (χ1v) is 6.32. The zero-order chi connectivity index (χ0) is 11.0. The number of piperidine rings is 1. The Hall–Kier alpha value is -0.890. The summed E-state index contributed by atoms with van der Waals surface area (Å²) in [7, 11) is 0. The van der Waals surface area contributed by atoms with Crippen LogP contribution < -0.4 is 5.32 Å². The lowest BCUT2D eigenvalue weighted by Gasteiger charge is -2.30. The molecule has 2 fully saturated rings. The van der Waals surface area contributed by atoms with Gasteiger partial charge in [-0.1, -0.05) is 12.1 Å². The van der Waals surface area contributed by atoms with E-state index in [0.29, 0.717) is 12.0 Å². The van der Waals surface area contributed by atoms with E-state index in [-0.39, 0.29) is 5.82 Å². The molecule has 2 aliphatic heterocycles. The van der Waals surface area contributed by atoms with E-state index in [0.717, 1.165) is 18.0 Å². The van der Waals surface area contributed by atoms with E-state index in [2.05, 4.69) is 5.32 Å². The van der Waals surface area contributed by atoms with Crippen LogP contribution in [0.5, 0.6) is 0 Å². The van der Waals surface area contributed by atoms with Gasteiger partial charge in [0.15, 0.2) is 0 Å². The van der Waals surface area contributed by atoms with Crippen LogP contribution in [-0.4, -0.2) is 12.1 Å². The zero-order valence-electron chi connectivity index (χ0n) is 9.45. The molecule has 2 bridgehead atoms. The van der Waals surface area contributed by atoms with Gasteiger partial charge in [-0.3, -0.25) is 0 Å². The molecule has 0 spiro atoms. The Morgan fingerprint density at radius 2 is 2.06 bits per heavy atom. The van der Waals surface area contributed by atoms with Gasteiger partial charge >= 0.3 is 0 Å². The highest BCUT2D eigenvalue weighted by Crippen LogP contribution is 2.33. The van der Waals surface area contributed by atoms with Crippen molar-refractivity contribution in [2.24, 2.45) is 5.92 Å². The second-order valence-corrected chi connectivity index (χ2v) is 5.22. The zero-order valence-corrected chi connectivity index (χ0v) is 9.45. The van der Waals surface area contributed by atoms with Gasteiger partial charge < -0.3 is 5.32 Å². The minimum absolute atomic E-state index is 0.106. The third-order valence-electron chi connectivity index (χ3n) is 4.12. The molecule has 3 atom stereocenters. The van der Waals surface area contributed by atoms with Crippen LogP contribution in [0.25, 0.3) is 0 Å². The predicted octanol–water partition coefficient (Wildman–Crippen LogP) is 2.90. The van der Waals surface area contributed by atoms with Crippen LogP contribution in [0, 0.1) is 11.7 Å². The second-order valence-electron chi connectivity index (χ2n) is 5.22. The van der Waals surface area contributed by atoms with E-state index in [1.165, 1.54) is 31.7 Å². The number of fused-ring (bicyclic) bond motifs is 2. The van der Waals surface area contributed by atoms with Crippen molar-refractivity contribution in [1.29, 1.82) is 0 Å². The molecule has 0 aliphatic carbocycles. The Morgan fingerprint density at radius 1 is 1.19 bits per heavy atom. The van der Waals surface area contributed by atoms with Crippen molar-refractivity contribution in [3.8, 4) is 0 Å². The molecule has 0 radical (unpaired) electrons. The fourth-order valence-corrected chi connectivity index (χ4v) is 3.28. The summed E-state index contributed by atoms with van der Waals surface area (Å²) < 4.78 is 13.1. The van der Waals surface area contributed by atoms with Crippen LogP contribution in [0.2, 0.25) is 0 Å². The van der Waals surface area contributed by atoms with Crippen LogP contribution in [0.1, 0.15) is 31.2 Å². The van der Waals surface area contributed by atoms with Gasteiger partial charge in [-0.15, -0.1) is 0 Å². The van der Waals surface area contributed by atoms with Crippen LogP contribution in [-0.2, 0) is 6.42 Å². The maximum absolute atomic E-state index is 13.1. The van der Waals surface area contributed by atoms with Gasteiger partial charge in [0, 0.05) is 12.1 Å². The van der Waals surface area contributed by atoms with Crippen LogP contribution in [0.3, 0.4) is 0 Å². The minimum Gasteiger partial charge on any atom is -0.311 e. The molecular weight excluding hydrogens is 201 g/mol. The molecule has 86 valence electrons. The van der Waals surface area contributed by atoms with Crippen molar-refractivity contribution < 1.29 is 4.39 Å². The Labute approximate surface area is 96.1 Å². The van der Waals surface area contributed by atoms with Crippen LogP contribution in [0.15, 0.2) is 24.3 Å². The van der Waals surface area contributed by atoms with Crippen molar-refractivity contribution >= 4 is 0 Å². The number of nitrogens with one attached hydrogen (secondary N) is 1. The third-order valence-corrected chi connectivity index (χ3v) is 4.12. The number of rotatable bonds is 2. The molecule has 16 heavy (non-hydrogen) atoms. The summed E-state index contributed by atoms with van der Waals surface area (Å²) in [5.41, 5.74) is 1.15. The van der Waals surface area contributed by atoms with Gasteiger partial charge in [0.2, 0.25) is 0 Å². The molecular formula is C14H18FN. The minimum atomic E-state index is -0.106. The predicted molar refractivity (Wildman–Crippen MR) is 62.8 cm³/mol. The normalized spacial score (nSPS) is 32.9. The fraction of sp³-hybridized carbons (Fsp3) is 0.571. The molecule has 1 aromatic rings. The van der Waals surface area contributed by atoms with Gasteiger partial charge in [0.05, 0.1) is 0 Å². The third kappa shape index (κ3) is 1.99. The van der Waals surface area contributed by atoms with Crippen molar-refractivity contribution in [1.82, 2.24) is 5.32 Å². The lowest BCUT2D eigenvalue weighted by molar-refractivity contribution is 0.288. The Morgan fingerprint density at radius 3 is 2.94 bits per heavy atom. The second kappa shape index (κ2) is 4.17. The molecule has 3 rings (SSSR count). The van der Waals surface area contributed by atoms with E-state index in [1.54, 1.807) is 6.07 Å². The highest BCUT2D eigenvalue weighted by Gasteiger charge is 2.34. The summed E-state index contributed by atoms with van der Waals surface area (Å²) in [6, 6.07) is 8.52. The van der Waals surface area contributed by atoms with E-state index in [9.17, 15) is 4.39 Å². The molecule has 2 saturated heterocycles. The number of halogens is 1. The largest absolute Gasteiger partial charge is 0.311 e. The van der Waals surface area contributed by atoms with Gasteiger partial charge in [-0.05, 0) is 55.7 Å². The lowest BCUT2D eigenvalue weighted by atomic mass is 9.86. The van der Waals surface area contributed by atoms with E-state index in [4.69, 9.17) is 0 Å². The Balaban J connectivity index is 1.70. The molecule has 2 heteroatoms. The van der Waals surface area contributed by atoms with Gasteiger partial charge in [0.1, 0.15) is 5.82 Å². The average Bonchev–Trinajstić information content (AvgIpc) is 2.66. The van der Waals surface area contributed by atoms with Crippen molar-refractivity contribution in [2.45, 2.75) is 44.2 Å². The van der Waals surface area contributed by atoms with E-state index in [1.807, 2.05) is 12.1 Å². The summed E-state index contributed by atoms with van der Waals surface area (Å²) in [6.45, 7) is 0. The molecule has 3 unspecified atom stereocenters. The maximum Gasteiger partial charge on any atom is 0.123 e. The number of hydrogen-bond acceptors (Lipinski definition) is 1. The first-order valence-electron chi connectivity index (χ1n) is 6.32. The van der Waals surface area contributed by atoms with E-state index >= 15 is 0 Å². The van der Waals surface area contributed by atoms with Gasteiger partial charge in [-0.25, -0.2) is 4.39 Å². The Bertz CT molecular complexity index is 377. The number of hydrogen-bond donors (Lipinski definition) is 1. The topological polar surface area (TPSA) is 12.0 Å². The first kappa shape index (κ1) is 10.3. The van der Waals surface area contributed by atoms with E-state index < -0.39 is 0 Å². The molecule has 2 aliphatic rings. The standard InChI is InChI=1S/C14H18FN/c15-12-3-1-2-10(9-12)8-11-4-5-13-6-7-14(11)16-13/h1-3,9,11,13-14,16H,4-8H2. The van der Waals surface area contributed by atoms with Crippen molar-refractivity contribution in [2.75, 3.05) is 0 Å². The Kier molecular flexibility index (Phi) is 2.68. The molecule has 0 saturated carbocycles. The highest BCUT2D eigenvalue weighted by atomic mass is 19.1. The summed E-state index contributed by atoms with van der Waals surface area (Å²) >= 11 is 0. The molecule has 1 N–H and O–H groups in total. The summed E-state index contributed by atoms with van der Waals surface area (Å²) in [6.07, 6.45) is 6.28. The summed E-state index contributed by atoms with van der Waals surface area (Å²) in [5, 5.41) is 3.68. The highest BCUT2D eigenvalue weighted by molar-refractivity contribution is 5.17. The van der Waals surface area contributed by atoms with Crippen molar-refractivity contribution in [3.63, 3.8) is 0 Å². The molecule has 0 amide bonds. The fourth-order valence-electron chi connectivity index (χ4n) is 3.28. The molecule has 1 aromatic carbocycles. The summed E-state index contributed by atoms with van der Waals surface area (Å²) in [5.74, 6) is 0.603. The average molecular weight is 219 g/mol. The summed E-state index contributed by atoms with van der Waals surface area (Å²) in [4.78, 5) is 0. The van der Waals surface area contributed by atoms with Gasteiger partial charge in [0.25, 0.3) is 0 Å². The molecule has 2 heterocycles. The van der Waals surface area contributed by atoms with Gasteiger partial charge in [-0.2, -0.15) is 0 Å². The molecule has 1 nitrogen and oxygen atoms in total. The smallest absolute Gasteiger partial charge is 0.123 e. The quantitative estimate of drug-likeness (QED) is 0.806. The number of benzene rings is 1. The van der Waals surface area contributed by atoms with Crippen LogP contribution >= 0.6 is 0 Å². The SMILES string of the molecule is Fc1cccc(CC2CCC3CCC2N3)c1.